The van der Waals surface area contributed by atoms with E-state index in [-0.39, 0.29) is 0 Å². The summed E-state index contributed by atoms with van der Waals surface area (Å²) in [4.78, 5) is 0. The fourth-order valence-corrected chi connectivity index (χ4v) is 10.9. The third-order valence-electron chi connectivity index (χ3n) is 10.9. The summed E-state index contributed by atoms with van der Waals surface area (Å²) in [5, 5.41) is 0. The minimum atomic E-state index is -3.10. The van der Waals surface area contributed by atoms with E-state index in [1.165, 1.54) is 212 Å². The maximum Gasteiger partial charge on any atom is 0.528 e. The first-order chi connectivity index (χ1) is 25.0. The molecular formula is C45H94O3S2Si. The number of hydrogen-bond donors (Lipinski definition) is 2. The van der Waals surface area contributed by atoms with Crippen molar-refractivity contribution in [2.45, 2.75) is 269 Å². The van der Waals surface area contributed by atoms with Crippen LogP contribution in [-0.2, 0) is 13.3 Å². The lowest BCUT2D eigenvalue weighted by molar-refractivity contribution is 0.0508. The Hall–Kier alpha value is 0.797. The molecule has 0 spiro atoms. The van der Waals surface area contributed by atoms with Crippen molar-refractivity contribution in [3.63, 3.8) is 0 Å². The van der Waals surface area contributed by atoms with Crippen molar-refractivity contribution < 1.29 is 13.3 Å². The maximum atomic E-state index is 6.73. The number of unbranched alkanes of at least 4 members (excludes halogenated alkanes) is 33. The van der Waals surface area contributed by atoms with Gasteiger partial charge in [-0.25, -0.2) is 0 Å². The Labute approximate surface area is 334 Å². The molecule has 0 aliphatic carbocycles. The third kappa shape index (κ3) is 32.7. The highest BCUT2D eigenvalue weighted by Gasteiger charge is 2.57. The minimum absolute atomic E-state index is 0.668. The predicted molar refractivity (Wildman–Crippen MR) is 238 cm³/mol. The van der Waals surface area contributed by atoms with Gasteiger partial charge in [0.1, 0.15) is 3.70 Å². The fourth-order valence-electron chi connectivity index (χ4n) is 7.14. The average Bonchev–Trinajstić information content (AvgIpc) is 3.13. The van der Waals surface area contributed by atoms with Gasteiger partial charge >= 0.3 is 8.80 Å². The van der Waals surface area contributed by atoms with E-state index in [0.29, 0.717) is 19.8 Å². The van der Waals surface area contributed by atoms with E-state index >= 15 is 0 Å². The molecule has 0 fully saturated rings. The normalized spacial score (nSPS) is 12.4. The molecule has 0 radical (unpaired) electrons. The lowest BCUT2D eigenvalue weighted by Gasteiger charge is -2.39. The molecule has 0 N–H and O–H groups in total. The lowest BCUT2D eigenvalue weighted by atomic mass is 10.1. The molecule has 0 unspecified atom stereocenters. The summed E-state index contributed by atoms with van der Waals surface area (Å²) >= 11 is 10.1. The highest BCUT2D eigenvalue weighted by Crippen LogP contribution is 2.38. The molecule has 0 aromatic rings. The molecule has 0 aliphatic heterocycles. The SMILES string of the molecule is CCCCCCCCCCCCCCO[Si](OCCCCCCCCCCCCCC)(OCCCCCCCCCCCCCC)C(S)(S)CC. The Kier molecular flexibility index (Phi) is 41.1. The van der Waals surface area contributed by atoms with Gasteiger partial charge in [0.2, 0.25) is 0 Å². The molecule has 0 aliphatic rings. The maximum absolute atomic E-state index is 6.73. The van der Waals surface area contributed by atoms with Crippen molar-refractivity contribution in [2.75, 3.05) is 19.8 Å². The zero-order valence-corrected chi connectivity index (χ0v) is 38.2. The molecule has 0 amide bonds. The quantitative estimate of drug-likeness (QED) is 0.0279. The van der Waals surface area contributed by atoms with Gasteiger partial charge in [0, 0.05) is 19.8 Å². The van der Waals surface area contributed by atoms with Crippen LogP contribution in [0.25, 0.3) is 0 Å². The van der Waals surface area contributed by atoms with Gasteiger partial charge in [0.15, 0.2) is 0 Å². The molecule has 0 aromatic heterocycles. The average molecular weight is 775 g/mol. The van der Waals surface area contributed by atoms with Gasteiger partial charge in [-0.1, -0.05) is 240 Å². The smallest absolute Gasteiger partial charge is 0.372 e. The largest absolute Gasteiger partial charge is 0.528 e. The van der Waals surface area contributed by atoms with Crippen LogP contribution >= 0.6 is 25.3 Å². The van der Waals surface area contributed by atoms with Gasteiger partial charge in [0.25, 0.3) is 0 Å². The summed E-state index contributed by atoms with van der Waals surface area (Å²) < 4.78 is 19.5. The molecular weight excluding hydrogens is 681 g/mol. The molecule has 6 heteroatoms. The zero-order valence-electron chi connectivity index (χ0n) is 35.4. The Morgan fingerprint density at radius 3 is 0.647 bits per heavy atom. The molecule has 0 aromatic carbocycles. The van der Waals surface area contributed by atoms with Crippen molar-refractivity contribution in [1.29, 1.82) is 0 Å². The Morgan fingerprint density at radius 1 is 0.294 bits per heavy atom. The Bertz CT molecular complexity index is 591. The summed E-state index contributed by atoms with van der Waals surface area (Å²) in [6, 6.07) is 0. The van der Waals surface area contributed by atoms with Crippen molar-refractivity contribution in [3.05, 3.63) is 0 Å². The topological polar surface area (TPSA) is 27.7 Å². The highest BCUT2D eigenvalue weighted by atomic mass is 32.2. The monoisotopic (exact) mass is 775 g/mol. The molecule has 51 heavy (non-hydrogen) atoms. The first-order valence-electron chi connectivity index (χ1n) is 23.4. The van der Waals surface area contributed by atoms with Crippen LogP contribution in [0.1, 0.15) is 265 Å². The highest BCUT2D eigenvalue weighted by molar-refractivity contribution is 8.03. The molecule has 0 rings (SSSR count). The second-order valence-electron chi connectivity index (χ2n) is 15.9. The van der Waals surface area contributed by atoms with E-state index in [2.05, 4.69) is 27.7 Å². The Balaban J connectivity index is 4.62. The summed E-state index contributed by atoms with van der Waals surface area (Å²) in [5.41, 5.74) is 0. The second-order valence-corrected chi connectivity index (χ2v) is 21.5. The van der Waals surface area contributed by atoms with Crippen LogP contribution < -0.4 is 0 Å². The molecule has 0 saturated carbocycles. The number of thiol groups is 2. The van der Waals surface area contributed by atoms with Gasteiger partial charge in [0.05, 0.1) is 0 Å². The standard InChI is InChI=1S/C45H94O3S2Si/c1-5-9-12-15-18-21-24-27-30-33-36-39-42-46-51(45(49,50)8-4,47-43-40-37-34-31-28-25-22-19-16-13-10-6-2)48-44-41-38-35-32-29-26-23-20-17-14-11-7-3/h49-50H,5-44H2,1-4H3. The van der Waals surface area contributed by atoms with Crippen LogP contribution in [0.4, 0.5) is 0 Å². The number of rotatable bonds is 44. The van der Waals surface area contributed by atoms with Crippen LogP contribution in [-0.4, -0.2) is 32.3 Å². The van der Waals surface area contributed by atoms with Crippen molar-refractivity contribution in [3.8, 4) is 0 Å². The number of hydrogen-bond acceptors (Lipinski definition) is 5. The first kappa shape index (κ1) is 51.8. The summed E-state index contributed by atoms with van der Waals surface area (Å²) in [6.45, 7) is 11.1. The third-order valence-corrected chi connectivity index (χ3v) is 16.2. The molecule has 0 heterocycles. The van der Waals surface area contributed by atoms with Crippen molar-refractivity contribution >= 4 is 34.1 Å². The van der Waals surface area contributed by atoms with E-state index in [1.807, 2.05) is 0 Å². The summed E-state index contributed by atoms with van der Waals surface area (Å²) in [7, 11) is -3.10. The van der Waals surface area contributed by atoms with Gasteiger partial charge in [-0.2, -0.15) is 25.3 Å². The van der Waals surface area contributed by atoms with Crippen molar-refractivity contribution in [2.24, 2.45) is 0 Å². The van der Waals surface area contributed by atoms with E-state index in [0.717, 1.165) is 25.7 Å². The first-order valence-corrected chi connectivity index (χ1v) is 26.0. The predicted octanol–water partition coefficient (Wildman–Crippen LogP) is 16.6. The van der Waals surface area contributed by atoms with E-state index < -0.39 is 12.5 Å². The van der Waals surface area contributed by atoms with Crippen LogP contribution in [0.2, 0.25) is 0 Å². The van der Waals surface area contributed by atoms with E-state index in [9.17, 15) is 0 Å². The van der Waals surface area contributed by atoms with E-state index in [1.54, 1.807) is 0 Å². The van der Waals surface area contributed by atoms with Crippen LogP contribution in [0.15, 0.2) is 0 Å². The fraction of sp³-hybridized carbons (Fsp3) is 1.00. The summed E-state index contributed by atoms with van der Waals surface area (Å²) in [6.07, 6.45) is 49.2. The van der Waals surface area contributed by atoms with Crippen molar-refractivity contribution in [1.82, 2.24) is 0 Å². The lowest BCUT2D eigenvalue weighted by Crippen LogP contribution is -2.60. The Morgan fingerprint density at radius 2 is 0.471 bits per heavy atom. The molecule has 0 saturated heterocycles. The molecule has 3 nitrogen and oxygen atoms in total. The van der Waals surface area contributed by atoms with Gasteiger partial charge in [-0.05, 0) is 25.7 Å². The van der Waals surface area contributed by atoms with Crippen LogP contribution in [0.3, 0.4) is 0 Å². The molecule has 0 bridgehead atoms. The van der Waals surface area contributed by atoms with E-state index in [4.69, 9.17) is 38.5 Å². The van der Waals surface area contributed by atoms with Gasteiger partial charge in [-0.15, -0.1) is 0 Å². The minimum Gasteiger partial charge on any atom is -0.372 e. The van der Waals surface area contributed by atoms with Gasteiger partial charge in [-0.3, -0.25) is 0 Å². The van der Waals surface area contributed by atoms with Gasteiger partial charge < -0.3 is 13.3 Å². The van der Waals surface area contributed by atoms with Crippen LogP contribution in [0.5, 0.6) is 0 Å². The molecule has 308 valence electrons. The zero-order chi connectivity index (χ0) is 37.4. The van der Waals surface area contributed by atoms with Crippen LogP contribution in [0, 0.1) is 0 Å². The molecule has 0 atom stereocenters. The summed E-state index contributed by atoms with van der Waals surface area (Å²) in [5.74, 6) is 0. The second kappa shape index (κ2) is 40.5.